The molecule has 3 heteroatoms. The zero-order chi connectivity index (χ0) is 12.1. The van der Waals surface area contributed by atoms with Gasteiger partial charge in [-0.2, -0.15) is 0 Å². The van der Waals surface area contributed by atoms with Crippen molar-refractivity contribution in [2.75, 3.05) is 0 Å². The van der Waals surface area contributed by atoms with Gasteiger partial charge in [0.05, 0.1) is 6.04 Å². The van der Waals surface area contributed by atoms with Gasteiger partial charge in [0.2, 0.25) is 5.91 Å². The zero-order valence-corrected chi connectivity index (χ0v) is 9.91. The van der Waals surface area contributed by atoms with E-state index in [-0.39, 0.29) is 11.7 Å². The van der Waals surface area contributed by atoms with Gasteiger partial charge in [0.1, 0.15) is 0 Å². The lowest BCUT2D eigenvalue weighted by Crippen LogP contribution is -2.40. The van der Waals surface area contributed by atoms with Gasteiger partial charge in [0, 0.05) is 6.92 Å². The van der Waals surface area contributed by atoms with Crippen LogP contribution >= 0.6 is 0 Å². The van der Waals surface area contributed by atoms with Gasteiger partial charge in [-0.05, 0) is 25.8 Å². The number of rotatable bonds is 4. The maximum absolute atomic E-state index is 11.3. The van der Waals surface area contributed by atoms with Crippen LogP contribution in [0.15, 0.2) is 24.3 Å². The molecule has 0 spiro atoms. The Kier molecular flexibility index (Phi) is 4.23. The Hall–Kier alpha value is -1.64. The molecule has 1 rings (SSSR count). The van der Waals surface area contributed by atoms with Gasteiger partial charge in [0.25, 0.3) is 0 Å². The number of hydrogen-bond acceptors (Lipinski definition) is 2. The van der Waals surface area contributed by atoms with Crippen LogP contribution in [-0.2, 0) is 16.0 Å². The van der Waals surface area contributed by atoms with Crippen LogP contribution in [0.5, 0.6) is 0 Å². The molecular formula is C13H17NO2. The highest BCUT2D eigenvalue weighted by molar-refractivity contribution is 5.86. The second-order valence-corrected chi connectivity index (χ2v) is 4.05. The highest BCUT2D eigenvalue weighted by Gasteiger charge is 2.15. The number of nitrogens with one attached hydrogen (secondary N) is 1. The van der Waals surface area contributed by atoms with E-state index in [9.17, 15) is 9.59 Å². The fourth-order valence-electron chi connectivity index (χ4n) is 1.50. The van der Waals surface area contributed by atoms with Crippen molar-refractivity contribution in [1.29, 1.82) is 0 Å². The Morgan fingerprint density at radius 1 is 1.19 bits per heavy atom. The van der Waals surface area contributed by atoms with Crippen LogP contribution in [0.2, 0.25) is 0 Å². The summed E-state index contributed by atoms with van der Waals surface area (Å²) < 4.78 is 0. The summed E-state index contributed by atoms with van der Waals surface area (Å²) in [7, 11) is 0. The van der Waals surface area contributed by atoms with Crippen molar-refractivity contribution in [2.24, 2.45) is 0 Å². The molecule has 1 aromatic carbocycles. The predicted molar refractivity (Wildman–Crippen MR) is 63.2 cm³/mol. The highest BCUT2D eigenvalue weighted by Crippen LogP contribution is 2.06. The predicted octanol–water partition coefficient (Wildman–Crippen LogP) is 1.63. The van der Waals surface area contributed by atoms with Gasteiger partial charge in [0.15, 0.2) is 5.78 Å². The van der Waals surface area contributed by atoms with Crippen molar-refractivity contribution in [3.8, 4) is 0 Å². The lowest BCUT2D eigenvalue weighted by molar-refractivity contribution is -0.125. The van der Waals surface area contributed by atoms with E-state index in [1.54, 1.807) is 0 Å². The van der Waals surface area contributed by atoms with E-state index in [4.69, 9.17) is 0 Å². The summed E-state index contributed by atoms with van der Waals surface area (Å²) in [5.74, 6) is -0.192. The van der Waals surface area contributed by atoms with Crippen LogP contribution in [0, 0.1) is 6.92 Å². The summed E-state index contributed by atoms with van der Waals surface area (Å²) in [4.78, 5) is 22.3. The van der Waals surface area contributed by atoms with E-state index in [0.717, 1.165) is 5.56 Å². The summed E-state index contributed by atoms with van der Waals surface area (Å²) in [6.07, 6.45) is 0.551. The third kappa shape index (κ3) is 3.85. The van der Waals surface area contributed by atoms with E-state index >= 15 is 0 Å². The summed E-state index contributed by atoms with van der Waals surface area (Å²) in [5, 5.41) is 2.65. The average molecular weight is 219 g/mol. The molecule has 3 nitrogen and oxygen atoms in total. The molecule has 0 aliphatic rings. The first-order chi connectivity index (χ1) is 7.49. The summed E-state index contributed by atoms with van der Waals surface area (Å²) in [6, 6.07) is 7.54. The topological polar surface area (TPSA) is 46.2 Å². The summed E-state index contributed by atoms with van der Waals surface area (Å²) >= 11 is 0. The maximum Gasteiger partial charge on any atom is 0.217 e. The van der Waals surface area contributed by atoms with Crippen LogP contribution in [0.25, 0.3) is 0 Å². The molecule has 1 aromatic rings. The molecule has 0 saturated carbocycles. The third-order valence-electron chi connectivity index (χ3n) is 2.43. The molecule has 0 aliphatic carbocycles. The molecule has 1 atom stereocenters. The maximum atomic E-state index is 11.3. The first kappa shape index (κ1) is 12.4. The fraction of sp³-hybridized carbons (Fsp3) is 0.385. The zero-order valence-electron chi connectivity index (χ0n) is 9.91. The lowest BCUT2D eigenvalue weighted by Gasteiger charge is -2.14. The third-order valence-corrected chi connectivity index (χ3v) is 2.43. The van der Waals surface area contributed by atoms with Crippen LogP contribution < -0.4 is 5.32 Å². The second kappa shape index (κ2) is 5.45. The minimum absolute atomic E-state index is 0.0178. The van der Waals surface area contributed by atoms with E-state index in [2.05, 4.69) is 5.32 Å². The van der Waals surface area contributed by atoms with Gasteiger partial charge < -0.3 is 5.32 Å². The molecule has 0 aromatic heterocycles. The number of aryl methyl sites for hydroxylation is 1. The normalized spacial score (nSPS) is 11.9. The van der Waals surface area contributed by atoms with Crippen molar-refractivity contribution < 1.29 is 9.59 Å². The van der Waals surface area contributed by atoms with Crippen LogP contribution in [0.1, 0.15) is 25.0 Å². The smallest absolute Gasteiger partial charge is 0.217 e. The van der Waals surface area contributed by atoms with Gasteiger partial charge in [-0.1, -0.05) is 29.8 Å². The van der Waals surface area contributed by atoms with Crippen molar-refractivity contribution in [3.63, 3.8) is 0 Å². The van der Waals surface area contributed by atoms with Crippen molar-refractivity contribution >= 4 is 11.7 Å². The molecule has 0 heterocycles. The molecule has 0 radical (unpaired) electrons. The molecular weight excluding hydrogens is 202 g/mol. The number of carbonyl (C=O) groups excluding carboxylic acids is 2. The molecule has 86 valence electrons. The highest BCUT2D eigenvalue weighted by atomic mass is 16.2. The fourth-order valence-corrected chi connectivity index (χ4v) is 1.50. The van der Waals surface area contributed by atoms with Gasteiger partial charge in [-0.15, -0.1) is 0 Å². The minimum Gasteiger partial charge on any atom is -0.346 e. The molecule has 0 unspecified atom stereocenters. The standard InChI is InChI=1S/C13H17NO2/c1-9-4-6-12(7-5-9)8-13(10(2)15)14-11(3)16/h4-7,13H,8H2,1-3H3,(H,14,16)/t13-/m0/s1. The Bertz CT molecular complexity index is 381. The monoisotopic (exact) mass is 219 g/mol. The van der Waals surface area contributed by atoms with Crippen molar-refractivity contribution in [3.05, 3.63) is 35.4 Å². The first-order valence-electron chi connectivity index (χ1n) is 5.32. The lowest BCUT2D eigenvalue weighted by atomic mass is 10.0. The molecule has 1 N–H and O–H groups in total. The van der Waals surface area contributed by atoms with Gasteiger partial charge in [-0.3, -0.25) is 9.59 Å². The van der Waals surface area contributed by atoms with Crippen molar-refractivity contribution in [2.45, 2.75) is 33.2 Å². The Balaban J connectivity index is 2.71. The number of amides is 1. The molecule has 1 amide bonds. The summed E-state index contributed by atoms with van der Waals surface area (Å²) in [5.41, 5.74) is 2.24. The Morgan fingerprint density at radius 2 is 1.75 bits per heavy atom. The van der Waals surface area contributed by atoms with Gasteiger partial charge >= 0.3 is 0 Å². The Labute approximate surface area is 95.9 Å². The molecule has 0 fully saturated rings. The van der Waals surface area contributed by atoms with Crippen LogP contribution in [0.4, 0.5) is 0 Å². The number of carbonyl (C=O) groups is 2. The van der Waals surface area contributed by atoms with Crippen LogP contribution in [0.3, 0.4) is 0 Å². The minimum atomic E-state index is -0.416. The second-order valence-electron chi connectivity index (χ2n) is 4.05. The largest absolute Gasteiger partial charge is 0.346 e. The quantitative estimate of drug-likeness (QED) is 0.836. The number of ketones is 1. The average Bonchev–Trinajstić information content (AvgIpc) is 2.19. The molecule has 16 heavy (non-hydrogen) atoms. The van der Waals surface area contributed by atoms with Crippen LogP contribution in [-0.4, -0.2) is 17.7 Å². The van der Waals surface area contributed by atoms with Gasteiger partial charge in [-0.25, -0.2) is 0 Å². The van der Waals surface area contributed by atoms with Crippen molar-refractivity contribution in [1.82, 2.24) is 5.32 Å². The van der Waals surface area contributed by atoms with E-state index in [0.29, 0.717) is 6.42 Å². The SMILES string of the molecule is CC(=O)N[C@@H](Cc1ccc(C)cc1)C(C)=O. The van der Waals surface area contributed by atoms with E-state index < -0.39 is 6.04 Å². The molecule has 0 aliphatic heterocycles. The molecule has 0 bridgehead atoms. The van der Waals surface area contributed by atoms with E-state index in [1.807, 2.05) is 31.2 Å². The first-order valence-corrected chi connectivity index (χ1v) is 5.32. The molecule has 0 saturated heterocycles. The summed E-state index contributed by atoms with van der Waals surface area (Å²) in [6.45, 7) is 4.93. The number of hydrogen-bond donors (Lipinski definition) is 1. The number of benzene rings is 1. The number of Topliss-reactive ketones (excluding diaryl/α,β-unsaturated/α-hetero) is 1. The van der Waals surface area contributed by atoms with E-state index in [1.165, 1.54) is 19.4 Å². The Morgan fingerprint density at radius 3 is 2.19 bits per heavy atom.